The number of rotatable bonds is 9. The molecule has 1 N–H and O–H groups in total. The summed E-state index contributed by atoms with van der Waals surface area (Å²) in [6.07, 6.45) is 10.5. The van der Waals surface area contributed by atoms with Gasteiger partial charge in [-0.15, -0.1) is 0 Å². The monoisotopic (exact) mass is 712 g/mol. The summed E-state index contributed by atoms with van der Waals surface area (Å²) in [7, 11) is 2.61. The van der Waals surface area contributed by atoms with Gasteiger partial charge in [-0.05, 0) is 71.4 Å². The van der Waals surface area contributed by atoms with Gasteiger partial charge in [0.2, 0.25) is 11.8 Å². The molecule has 0 radical (unpaired) electrons. The number of nitro benzene ring substituents is 2. The molecule has 2 aromatic carbocycles. The Bertz CT molecular complexity index is 1650. The number of nitrogens with zero attached hydrogens (tertiary/aromatic N) is 4. The molecule has 2 fully saturated rings. The number of phenolic OH excluding ortho intramolecular Hbond substituents is 1. The summed E-state index contributed by atoms with van der Waals surface area (Å²) in [6, 6.07) is 4.70. The van der Waals surface area contributed by atoms with E-state index < -0.39 is 21.6 Å². The highest BCUT2D eigenvalue weighted by molar-refractivity contribution is 5.93. The minimum Gasteiger partial charge on any atom is -0.504 e. The fourth-order valence-electron chi connectivity index (χ4n) is 5.22. The van der Waals surface area contributed by atoms with Crippen molar-refractivity contribution in [1.82, 2.24) is 9.80 Å². The molecule has 4 rings (SSSR count). The van der Waals surface area contributed by atoms with Gasteiger partial charge >= 0.3 is 6.16 Å². The lowest BCUT2D eigenvalue weighted by molar-refractivity contribution is -0.385. The molecule has 0 unspecified atom stereocenters. The number of benzene rings is 2. The standard InChI is InChI=1S/C20H26N2O7.C15H18N2O5/c1-20(2,3)29-19(24)28-18-14(12-15(22(25)26)13-16(18)27-4)8-9-17(23)21-10-6-5-7-11-21;1-22-13-10-12(17(20)21)9-11(15(13)19)5-6-14(18)16-7-3-2-4-8-16/h8-9,12-13H,5-7,10-11H2,1-4H3;5-6,9-10,19H,2-4,7-8H2,1H3/b9-8+;6-5+. The van der Waals surface area contributed by atoms with Crippen LogP contribution in [0.2, 0.25) is 0 Å². The van der Waals surface area contributed by atoms with Crippen LogP contribution in [0.15, 0.2) is 36.4 Å². The van der Waals surface area contributed by atoms with Crippen molar-refractivity contribution < 1.29 is 48.3 Å². The summed E-state index contributed by atoms with van der Waals surface area (Å²) in [5, 5.41) is 32.1. The first-order chi connectivity index (χ1) is 24.1. The Hall–Kier alpha value is -5.67. The van der Waals surface area contributed by atoms with Gasteiger partial charge in [-0.3, -0.25) is 29.8 Å². The number of phenols is 1. The Morgan fingerprint density at radius 1 is 0.725 bits per heavy atom. The highest BCUT2D eigenvalue weighted by Crippen LogP contribution is 2.38. The van der Waals surface area contributed by atoms with Crippen LogP contribution >= 0.6 is 0 Å². The predicted octanol–water partition coefficient (Wildman–Crippen LogP) is 6.28. The van der Waals surface area contributed by atoms with Crippen LogP contribution < -0.4 is 14.2 Å². The number of non-ortho nitro benzene ring substituents is 2. The number of amides is 2. The van der Waals surface area contributed by atoms with E-state index >= 15 is 0 Å². The van der Waals surface area contributed by atoms with Gasteiger partial charge < -0.3 is 33.9 Å². The van der Waals surface area contributed by atoms with Crippen LogP contribution in [-0.4, -0.2) is 88.7 Å². The number of carbonyl (C=O) groups is 3. The fraction of sp³-hybridized carbons (Fsp3) is 0.457. The third-order valence-electron chi connectivity index (χ3n) is 7.74. The van der Waals surface area contributed by atoms with Crippen LogP contribution in [0.25, 0.3) is 12.2 Å². The topological polar surface area (TPSA) is 201 Å². The molecule has 0 aliphatic carbocycles. The molecule has 0 bridgehead atoms. The van der Waals surface area contributed by atoms with E-state index in [2.05, 4.69) is 0 Å². The van der Waals surface area contributed by atoms with E-state index in [9.17, 15) is 39.7 Å². The number of nitro groups is 2. The van der Waals surface area contributed by atoms with E-state index in [1.165, 1.54) is 50.7 Å². The second kappa shape index (κ2) is 18.4. The van der Waals surface area contributed by atoms with Gasteiger partial charge in [0.1, 0.15) is 5.60 Å². The first-order valence-electron chi connectivity index (χ1n) is 16.4. The van der Waals surface area contributed by atoms with Crippen molar-refractivity contribution in [3.05, 3.63) is 67.8 Å². The van der Waals surface area contributed by atoms with Crippen molar-refractivity contribution in [2.24, 2.45) is 0 Å². The number of likely N-dealkylation sites (tertiary alicyclic amines) is 2. The summed E-state index contributed by atoms with van der Waals surface area (Å²) in [5.41, 5.74) is -0.919. The average Bonchev–Trinajstić information content (AvgIpc) is 3.10. The third-order valence-corrected chi connectivity index (χ3v) is 7.74. The van der Waals surface area contributed by atoms with E-state index in [1.807, 2.05) is 0 Å². The van der Waals surface area contributed by atoms with Gasteiger partial charge in [-0.1, -0.05) is 0 Å². The largest absolute Gasteiger partial charge is 0.514 e. The lowest BCUT2D eigenvalue weighted by Crippen LogP contribution is -2.34. The van der Waals surface area contributed by atoms with Gasteiger partial charge in [-0.25, -0.2) is 4.79 Å². The average molecular weight is 713 g/mol. The smallest absolute Gasteiger partial charge is 0.504 e. The zero-order valence-electron chi connectivity index (χ0n) is 29.4. The lowest BCUT2D eigenvalue weighted by atomic mass is 10.1. The number of piperidine rings is 2. The molecule has 16 heteroatoms. The van der Waals surface area contributed by atoms with Gasteiger partial charge in [0.15, 0.2) is 23.0 Å². The van der Waals surface area contributed by atoms with Crippen molar-refractivity contribution in [3.8, 4) is 23.0 Å². The van der Waals surface area contributed by atoms with Crippen LogP contribution in [0.5, 0.6) is 23.0 Å². The van der Waals surface area contributed by atoms with Crippen LogP contribution in [0.4, 0.5) is 16.2 Å². The fourth-order valence-corrected chi connectivity index (χ4v) is 5.22. The van der Waals surface area contributed by atoms with Crippen molar-refractivity contribution in [3.63, 3.8) is 0 Å². The zero-order valence-corrected chi connectivity index (χ0v) is 29.4. The molecule has 16 nitrogen and oxygen atoms in total. The number of hydrogen-bond donors (Lipinski definition) is 1. The summed E-state index contributed by atoms with van der Waals surface area (Å²) in [5.74, 6) is -0.678. The Kier molecular flexibility index (Phi) is 14.3. The van der Waals surface area contributed by atoms with Gasteiger partial charge in [0.25, 0.3) is 11.4 Å². The molecule has 0 saturated carbocycles. The van der Waals surface area contributed by atoms with Crippen molar-refractivity contribution >= 4 is 41.5 Å². The third kappa shape index (κ3) is 12.0. The molecule has 51 heavy (non-hydrogen) atoms. The Morgan fingerprint density at radius 3 is 1.59 bits per heavy atom. The molecule has 2 amide bonds. The summed E-state index contributed by atoms with van der Waals surface area (Å²) >= 11 is 0. The Balaban J connectivity index is 0.000000286. The second-order valence-corrected chi connectivity index (χ2v) is 12.7. The number of hydrogen-bond acceptors (Lipinski definition) is 12. The van der Waals surface area contributed by atoms with Crippen LogP contribution in [0.1, 0.15) is 70.4 Å². The first kappa shape index (κ1) is 39.8. The molecular weight excluding hydrogens is 668 g/mol. The SMILES string of the molecule is COc1cc([N+](=O)[O-])cc(/C=C/C(=O)N2CCCCC2)c1O.COc1cc([N+](=O)[O-])cc(/C=C/C(=O)N2CCCCC2)c1OC(=O)OC(C)(C)C. The lowest BCUT2D eigenvalue weighted by Gasteiger charge is -2.25. The molecule has 0 aromatic heterocycles. The zero-order chi connectivity index (χ0) is 37.7. The summed E-state index contributed by atoms with van der Waals surface area (Å²) < 4.78 is 20.5. The molecule has 2 heterocycles. The van der Waals surface area contributed by atoms with E-state index in [1.54, 1.807) is 30.6 Å². The maximum atomic E-state index is 12.4. The maximum absolute atomic E-state index is 12.4. The first-order valence-corrected chi connectivity index (χ1v) is 16.4. The summed E-state index contributed by atoms with van der Waals surface area (Å²) in [6.45, 7) is 7.81. The molecule has 0 atom stereocenters. The molecule has 2 aliphatic rings. The molecular formula is C35H44N4O12. The van der Waals surface area contributed by atoms with E-state index in [0.29, 0.717) is 26.2 Å². The number of methoxy groups -OCH3 is 2. The van der Waals surface area contributed by atoms with Crippen LogP contribution in [-0.2, 0) is 14.3 Å². The van der Waals surface area contributed by atoms with E-state index in [0.717, 1.165) is 50.7 Å². The highest BCUT2D eigenvalue weighted by Gasteiger charge is 2.24. The van der Waals surface area contributed by atoms with Crippen molar-refractivity contribution in [2.45, 2.75) is 64.9 Å². The predicted molar refractivity (Wildman–Crippen MR) is 187 cm³/mol. The van der Waals surface area contributed by atoms with E-state index in [4.69, 9.17) is 18.9 Å². The van der Waals surface area contributed by atoms with Crippen LogP contribution in [0.3, 0.4) is 0 Å². The van der Waals surface area contributed by atoms with Gasteiger partial charge in [-0.2, -0.15) is 0 Å². The van der Waals surface area contributed by atoms with E-state index in [-0.39, 0.29) is 57.3 Å². The second-order valence-electron chi connectivity index (χ2n) is 12.7. The molecule has 0 spiro atoms. The number of ether oxygens (including phenoxy) is 4. The minimum absolute atomic E-state index is 0.000675. The number of carbonyl (C=O) groups excluding carboxylic acids is 3. The molecule has 2 aliphatic heterocycles. The normalized spacial score (nSPS) is 14.8. The molecule has 2 saturated heterocycles. The van der Waals surface area contributed by atoms with Gasteiger partial charge in [0, 0.05) is 61.6 Å². The van der Waals surface area contributed by atoms with Gasteiger partial charge in [0.05, 0.1) is 36.2 Å². The molecule has 2 aromatic rings. The van der Waals surface area contributed by atoms with Crippen molar-refractivity contribution in [1.29, 1.82) is 0 Å². The maximum Gasteiger partial charge on any atom is 0.514 e. The van der Waals surface area contributed by atoms with Crippen LogP contribution in [0, 0.1) is 20.2 Å². The Labute approximate surface area is 295 Å². The quantitative estimate of drug-likeness (QED) is 0.100. The Morgan fingerprint density at radius 2 is 1.16 bits per heavy atom. The highest BCUT2D eigenvalue weighted by atomic mass is 16.7. The summed E-state index contributed by atoms with van der Waals surface area (Å²) in [4.78, 5) is 61.0. The minimum atomic E-state index is -0.985. The van der Waals surface area contributed by atoms with Crippen molar-refractivity contribution in [2.75, 3.05) is 40.4 Å². The molecule has 276 valence electrons. The number of aromatic hydroxyl groups is 1.